The van der Waals surface area contributed by atoms with E-state index in [1.807, 2.05) is 65.0 Å². The zero-order valence-corrected chi connectivity index (χ0v) is 16.4. The first-order valence-electron chi connectivity index (χ1n) is 9.03. The molecule has 0 aliphatic carbocycles. The van der Waals surface area contributed by atoms with Gasteiger partial charge in [0.2, 0.25) is 0 Å². The Bertz CT molecular complexity index is 582. The molecule has 2 unspecified atom stereocenters. The minimum Gasteiger partial charge on any atom is -0.449 e. The van der Waals surface area contributed by atoms with Gasteiger partial charge in [-0.15, -0.1) is 0 Å². The van der Waals surface area contributed by atoms with Gasteiger partial charge < -0.3 is 19.3 Å². The van der Waals surface area contributed by atoms with Crippen molar-refractivity contribution in [2.24, 2.45) is 5.92 Å². The van der Waals surface area contributed by atoms with Gasteiger partial charge >= 0.3 is 6.09 Å². The van der Waals surface area contributed by atoms with Crippen molar-refractivity contribution < 1.29 is 24.1 Å². The van der Waals surface area contributed by atoms with Crippen LogP contribution in [-0.2, 0) is 20.8 Å². The average Bonchev–Trinajstić information content (AvgIpc) is 2.93. The monoisotopic (exact) mass is 365 g/mol. The Morgan fingerprint density at radius 2 is 2.00 bits per heavy atom. The van der Waals surface area contributed by atoms with Crippen LogP contribution in [0.2, 0.25) is 0 Å². The Kier molecular flexibility index (Phi) is 6.66. The lowest BCUT2D eigenvalue weighted by atomic mass is 10.0. The summed E-state index contributed by atoms with van der Waals surface area (Å²) in [5.41, 5.74) is 0.642. The fraction of sp³-hybridized carbons (Fsp3) is 0.650. The summed E-state index contributed by atoms with van der Waals surface area (Å²) in [6.07, 6.45) is -0.696. The number of hydrogen-bond acceptors (Lipinski definition) is 5. The Morgan fingerprint density at radius 3 is 2.50 bits per heavy atom. The third kappa shape index (κ3) is 5.69. The van der Waals surface area contributed by atoms with Crippen LogP contribution < -0.4 is 0 Å². The average molecular weight is 365 g/mol. The molecule has 0 saturated carbocycles. The van der Waals surface area contributed by atoms with Crippen LogP contribution in [0.3, 0.4) is 0 Å². The first-order chi connectivity index (χ1) is 12.1. The maximum atomic E-state index is 12.7. The molecular weight excluding hydrogens is 334 g/mol. The van der Waals surface area contributed by atoms with Crippen LogP contribution in [0.4, 0.5) is 4.79 Å². The van der Waals surface area contributed by atoms with Crippen molar-refractivity contribution in [2.75, 3.05) is 19.8 Å². The topological polar surface area (TPSA) is 68.2 Å². The zero-order valence-electron chi connectivity index (χ0n) is 16.4. The molecule has 1 amide bonds. The number of aliphatic hydroxyl groups excluding tert-OH is 1. The number of nitrogens with zero attached hydrogens (tertiary/aromatic N) is 1. The van der Waals surface area contributed by atoms with E-state index in [1.165, 1.54) is 0 Å². The maximum Gasteiger partial charge on any atom is 0.410 e. The second kappa shape index (κ2) is 8.37. The van der Waals surface area contributed by atoms with Crippen molar-refractivity contribution >= 4 is 6.09 Å². The van der Waals surface area contributed by atoms with Gasteiger partial charge in [0.05, 0.1) is 19.3 Å². The van der Waals surface area contributed by atoms with Crippen LogP contribution in [0.25, 0.3) is 0 Å². The molecule has 1 aliphatic rings. The highest BCUT2D eigenvalue weighted by Crippen LogP contribution is 2.27. The fourth-order valence-electron chi connectivity index (χ4n) is 2.82. The molecule has 1 aromatic rings. The van der Waals surface area contributed by atoms with Crippen LogP contribution in [-0.4, -0.2) is 53.4 Å². The van der Waals surface area contributed by atoms with Crippen molar-refractivity contribution in [3.8, 4) is 0 Å². The molecule has 0 radical (unpaired) electrons. The normalized spacial score (nSPS) is 20.6. The third-order valence-corrected chi connectivity index (χ3v) is 4.43. The summed E-state index contributed by atoms with van der Waals surface area (Å²) >= 11 is 0. The van der Waals surface area contributed by atoms with Crippen LogP contribution in [0.5, 0.6) is 0 Å². The van der Waals surface area contributed by atoms with Gasteiger partial charge in [-0.3, -0.25) is 4.90 Å². The van der Waals surface area contributed by atoms with E-state index >= 15 is 0 Å². The fourth-order valence-corrected chi connectivity index (χ4v) is 2.82. The van der Waals surface area contributed by atoms with Crippen LogP contribution in [0.15, 0.2) is 30.3 Å². The van der Waals surface area contributed by atoms with Gasteiger partial charge in [-0.25, -0.2) is 4.79 Å². The molecule has 0 bridgehead atoms. The Labute approximate surface area is 156 Å². The van der Waals surface area contributed by atoms with Crippen LogP contribution in [0, 0.1) is 5.92 Å². The minimum atomic E-state index is -0.674. The second-order valence-electron chi connectivity index (χ2n) is 8.13. The SMILES string of the molecule is CC1(C)OCC(C(CO)COC(=O)N(Cc2ccccc2)C(C)(C)C)O1. The van der Waals surface area contributed by atoms with Gasteiger partial charge in [0.15, 0.2) is 5.79 Å². The summed E-state index contributed by atoms with van der Waals surface area (Å²) < 4.78 is 16.8. The number of amides is 1. The van der Waals surface area contributed by atoms with Crippen molar-refractivity contribution in [3.05, 3.63) is 35.9 Å². The molecular formula is C20H31NO5. The lowest BCUT2D eigenvalue weighted by molar-refractivity contribution is -0.148. The molecule has 1 fully saturated rings. The molecule has 146 valence electrons. The Balaban J connectivity index is 1.98. The van der Waals surface area contributed by atoms with Crippen LogP contribution >= 0.6 is 0 Å². The first-order valence-corrected chi connectivity index (χ1v) is 9.03. The summed E-state index contributed by atoms with van der Waals surface area (Å²) in [7, 11) is 0. The van der Waals surface area contributed by atoms with Gasteiger partial charge in [0.25, 0.3) is 0 Å². The lowest BCUT2D eigenvalue weighted by Gasteiger charge is -2.35. The van der Waals surface area contributed by atoms with E-state index in [0.29, 0.717) is 13.2 Å². The molecule has 2 rings (SSSR count). The summed E-state index contributed by atoms with van der Waals surface area (Å²) in [6, 6.07) is 9.80. The summed E-state index contributed by atoms with van der Waals surface area (Å²) in [5.74, 6) is -0.994. The molecule has 1 heterocycles. The molecule has 26 heavy (non-hydrogen) atoms. The standard InChI is InChI=1S/C20H31NO5/c1-19(2,3)21(11-15-9-7-6-8-10-15)18(23)24-13-16(12-22)17-14-25-20(4,5)26-17/h6-10,16-17,22H,11-14H2,1-5H3. The minimum absolute atomic E-state index is 0.0841. The number of ether oxygens (including phenoxy) is 3. The molecule has 6 heteroatoms. The third-order valence-electron chi connectivity index (χ3n) is 4.43. The largest absolute Gasteiger partial charge is 0.449 e. The van der Waals surface area contributed by atoms with Crippen molar-refractivity contribution in [2.45, 2.75) is 58.6 Å². The molecule has 0 spiro atoms. The Morgan fingerprint density at radius 1 is 1.35 bits per heavy atom. The first kappa shape index (κ1) is 20.7. The quantitative estimate of drug-likeness (QED) is 0.838. The molecule has 1 aliphatic heterocycles. The molecule has 1 N–H and O–H groups in total. The van der Waals surface area contributed by atoms with Crippen molar-refractivity contribution in [3.63, 3.8) is 0 Å². The smallest absolute Gasteiger partial charge is 0.410 e. The Hall–Kier alpha value is -1.63. The van der Waals surface area contributed by atoms with Gasteiger partial charge in [0.1, 0.15) is 6.61 Å². The predicted octanol–water partition coefficient (Wildman–Crippen LogP) is 3.18. The highest BCUT2D eigenvalue weighted by atomic mass is 16.7. The van der Waals surface area contributed by atoms with E-state index in [0.717, 1.165) is 5.56 Å². The predicted molar refractivity (Wildman–Crippen MR) is 98.6 cm³/mol. The van der Waals surface area contributed by atoms with Gasteiger partial charge in [-0.2, -0.15) is 0 Å². The summed E-state index contributed by atoms with van der Waals surface area (Å²) in [6.45, 7) is 10.4. The van der Waals surface area contributed by atoms with E-state index in [1.54, 1.807) is 4.90 Å². The van der Waals surface area contributed by atoms with E-state index in [2.05, 4.69) is 0 Å². The van der Waals surface area contributed by atoms with Crippen molar-refractivity contribution in [1.29, 1.82) is 0 Å². The van der Waals surface area contributed by atoms with E-state index in [4.69, 9.17) is 14.2 Å². The second-order valence-corrected chi connectivity index (χ2v) is 8.13. The number of hydrogen-bond donors (Lipinski definition) is 1. The number of rotatable bonds is 6. The van der Waals surface area contributed by atoms with Gasteiger partial charge in [-0.05, 0) is 40.2 Å². The van der Waals surface area contributed by atoms with Crippen LogP contribution in [0.1, 0.15) is 40.2 Å². The lowest BCUT2D eigenvalue weighted by Crippen LogP contribution is -2.46. The van der Waals surface area contributed by atoms with Gasteiger partial charge in [0, 0.05) is 18.0 Å². The molecule has 2 atom stereocenters. The van der Waals surface area contributed by atoms with E-state index in [-0.39, 0.29) is 25.2 Å². The summed E-state index contributed by atoms with van der Waals surface area (Å²) in [4.78, 5) is 14.4. The van der Waals surface area contributed by atoms with Crippen molar-refractivity contribution in [1.82, 2.24) is 4.90 Å². The van der Waals surface area contributed by atoms with E-state index < -0.39 is 17.4 Å². The number of benzene rings is 1. The van der Waals surface area contributed by atoms with E-state index in [9.17, 15) is 9.90 Å². The molecule has 6 nitrogen and oxygen atoms in total. The highest BCUT2D eigenvalue weighted by molar-refractivity contribution is 5.68. The highest BCUT2D eigenvalue weighted by Gasteiger charge is 2.38. The van der Waals surface area contributed by atoms with Gasteiger partial charge in [-0.1, -0.05) is 30.3 Å². The molecule has 1 saturated heterocycles. The zero-order chi connectivity index (χ0) is 19.4. The number of carbonyl (C=O) groups is 1. The molecule has 0 aromatic heterocycles. The maximum absolute atomic E-state index is 12.7. The molecule has 1 aromatic carbocycles. The summed E-state index contributed by atoms with van der Waals surface area (Å²) in [5, 5.41) is 9.66. The number of carbonyl (C=O) groups excluding carboxylic acids is 1. The number of aliphatic hydroxyl groups is 1.